The summed E-state index contributed by atoms with van der Waals surface area (Å²) in [6, 6.07) is 3.57. The molecule has 0 fully saturated rings. The van der Waals surface area contributed by atoms with Gasteiger partial charge in [0.1, 0.15) is 0 Å². The van der Waals surface area contributed by atoms with E-state index in [1.165, 1.54) is 0 Å². The van der Waals surface area contributed by atoms with Crippen molar-refractivity contribution in [3.63, 3.8) is 0 Å². The van der Waals surface area contributed by atoms with Crippen LogP contribution in [-0.4, -0.2) is 37.7 Å². The molecule has 0 radical (unpaired) electrons. The van der Waals surface area contributed by atoms with E-state index in [9.17, 15) is 4.79 Å². The fourth-order valence-corrected chi connectivity index (χ4v) is 2.27. The minimum Gasteiger partial charge on any atom is -0.493 e. The summed E-state index contributed by atoms with van der Waals surface area (Å²) in [6.07, 6.45) is 1.72. The smallest absolute Gasteiger partial charge is 0.356 e. The lowest BCUT2D eigenvalue weighted by Gasteiger charge is -2.10. The Balaban J connectivity index is 2.52. The van der Waals surface area contributed by atoms with Crippen LogP contribution in [0.3, 0.4) is 0 Å². The molecule has 0 unspecified atom stereocenters. The molecule has 0 aromatic heterocycles. The lowest BCUT2D eigenvalue weighted by Crippen LogP contribution is -2.32. The first-order valence-electron chi connectivity index (χ1n) is 5.78. The highest BCUT2D eigenvalue weighted by Gasteiger charge is 2.29. The van der Waals surface area contributed by atoms with Crippen molar-refractivity contribution in [2.75, 3.05) is 21.3 Å². The monoisotopic (exact) mass is 340 g/mol. The average molecular weight is 341 g/mol. The lowest BCUT2D eigenvalue weighted by molar-refractivity contribution is -0.432. The Morgan fingerprint density at radius 2 is 1.90 bits per heavy atom. The SMILES string of the molecule is COc1cc(Br)c(/C=C2/C(=O)NC(N)=[N+]2C)cc1OC. The van der Waals surface area contributed by atoms with Crippen LogP contribution in [0.5, 0.6) is 11.5 Å². The molecule has 1 heterocycles. The zero-order chi connectivity index (χ0) is 14.9. The lowest BCUT2D eigenvalue weighted by atomic mass is 10.1. The van der Waals surface area contributed by atoms with Gasteiger partial charge in [0.25, 0.3) is 0 Å². The van der Waals surface area contributed by atoms with E-state index in [1.807, 2.05) is 0 Å². The second kappa shape index (κ2) is 5.54. The van der Waals surface area contributed by atoms with Crippen LogP contribution >= 0.6 is 15.9 Å². The van der Waals surface area contributed by atoms with E-state index in [4.69, 9.17) is 15.2 Å². The molecule has 0 atom stereocenters. The Hall–Kier alpha value is -2.02. The number of methoxy groups -OCH3 is 2. The van der Waals surface area contributed by atoms with Crippen LogP contribution < -0.4 is 20.5 Å². The molecule has 1 amide bonds. The van der Waals surface area contributed by atoms with E-state index in [-0.39, 0.29) is 5.91 Å². The zero-order valence-electron chi connectivity index (χ0n) is 11.4. The fraction of sp³-hybridized carbons (Fsp3) is 0.231. The molecule has 1 aromatic carbocycles. The van der Waals surface area contributed by atoms with Gasteiger partial charge in [-0.15, -0.1) is 0 Å². The van der Waals surface area contributed by atoms with Gasteiger partial charge in [0.15, 0.2) is 17.2 Å². The van der Waals surface area contributed by atoms with E-state index in [2.05, 4.69) is 21.2 Å². The largest absolute Gasteiger partial charge is 0.493 e. The first-order valence-corrected chi connectivity index (χ1v) is 6.58. The van der Waals surface area contributed by atoms with Crippen LogP contribution in [0.4, 0.5) is 0 Å². The van der Waals surface area contributed by atoms with Gasteiger partial charge in [0.05, 0.1) is 21.3 Å². The molecule has 3 N–H and O–H groups in total. The molecule has 0 saturated carbocycles. The number of benzene rings is 1. The number of carbonyl (C=O) groups is 1. The van der Waals surface area contributed by atoms with Crippen molar-refractivity contribution >= 4 is 33.9 Å². The molecule has 0 aliphatic carbocycles. The summed E-state index contributed by atoms with van der Waals surface area (Å²) >= 11 is 3.45. The topological polar surface area (TPSA) is 76.6 Å². The Morgan fingerprint density at radius 1 is 1.30 bits per heavy atom. The number of rotatable bonds is 3. The van der Waals surface area contributed by atoms with Crippen molar-refractivity contribution < 1.29 is 18.8 Å². The fourth-order valence-electron chi connectivity index (χ4n) is 1.84. The van der Waals surface area contributed by atoms with Crippen molar-refractivity contribution in [3.8, 4) is 11.5 Å². The van der Waals surface area contributed by atoms with E-state index in [1.54, 1.807) is 44.1 Å². The van der Waals surface area contributed by atoms with Crippen LogP contribution in [0.1, 0.15) is 5.56 Å². The number of amides is 1. The third-order valence-corrected chi connectivity index (χ3v) is 3.68. The summed E-state index contributed by atoms with van der Waals surface area (Å²) < 4.78 is 12.8. The van der Waals surface area contributed by atoms with Gasteiger partial charge in [-0.05, 0) is 23.8 Å². The number of nitrogens with one attached hydrogen (secondary N) is 1. The summed E-state index contributed by atoms with van der Waals surface area (Å²) in [4.78, 5) is 11.8. The van der Waals surface area contributed by atoms with E-state index < -0.39 is 0 Å². The summed E-state index contributed by atoms with van der Waals surface area (Å²) in [6.45, 7) is 0. The molecule has 1 aliphatic rings. The van der Waals surface area contributed by atoms with Crippen LogP contribution in [0, 0.1) is 0 Å². The molecule has 20 heavy (non-hydrogen) atoms. The third-order valence-electron chi connectivity index (χ3n) is 2.99. The van der Waals surface area contributed by atoms with Crippen LogP contribution in [0.2, 0.25) is 0 Å². The van der Waals surface area contributed by atoms with Gasteiger partial charge in [-0.25, -0.2) is 14.7 Å². The maximum Gasteiger partial charge on any atom is 0.356 e. The maximum atomic E-state index is 11.8. The molecule has 7 heteroatoms. The molecule has 1 aromatic rings. The van der Waals surface area contributed by atoms with Crippen molar-refractivity contribution in [1.82, 2.24) is 5.32 Å². The normalized spacial score (nSPS) is 16.6. The van der Waals surface area contributed by atoms with Crippen molar-refractivity contribution in [3.05, 3.63) is 27.9 Å². The molecule has 1 aliphatic heterocycles. The molecule has 6 nitrogen and oxygen atoms in total. The van der Waals surface area contributed by atoms with Crippen LogP contribution in [0.15, 0.2) is 22.3 Å². The maximum absolute atomic E-state index is 11.8. The third kappa shape index (κ3) is 2.49. The van der Waals surface area contributed by atoms with E-state index in [0.717, 1.165) is 10.0 Å². The van der Waals surface area contributed by atoms with Gasteiger partial charge in [0.2, 0.25) is 0 Å². The van der Waals surface area contributed by atoms with E-state index >= 15 is 0 Å². The molecular formula is C13H15BrN3O3+. The van der Waals surface area contributed by atoms with Gasteiger partial charge < -0.3 is 9.47 Å². The molecular weight excluding hydrogens is 326 g/mol. The summed E-state index contributed by atoms with van der Waals surface area (Å²) in [5.74, 6) is 1.25. The molecule has 0 spiro atoms. The molecule has 0 bridgehead atoms. The standard InChI is InChI=1S/C13H14BrN3O3/c1-17-9(12(18)16-13(17)15)4-7-5-10(19-2)11(20-3)6-8(7)14/h4-6H,1-3H3,(H2,15,16,18)/p+1/b9-4-. The first kappa shape index (κ1) is 14.4. The number of ether oxygens (including phenoxy) is 2. The Labute approximate surface area is 125 Å². The van der Waals surface area contributed by atoms with E-state index in [0.29, 0.717) is 23.2 Å². The number of nitrogens with zero attached hydrogens (tertiary/aromatic N) is 1. The number of likely N-dealkylation sites (N-methyl/N-ethyl adjacent to an activating group) is 1. The second-order valence-corrected chi connectivity index (χ2v) is 5.01. The predicted molar refractivity (Wildman–Crippen MR) is 78.7 cm³/mol. The zero-order valence-corrected chi connectivity index (χ0v) is 12.9. The van der Waals surface area contributed by atoms with Crippen molar-refractivity contribution in [2.45, 2.75) is 0 Å². The molecule has 0 saturated heterocycles. The first-order chi connectivity index (χ1) is 9.47. The Kier molecular flexibility index (Phi) is 3.99. The summed E-state index contributed by atoms with van der Waals surface area (Å²) in [5, 5.41) is 2.55. The summed E-state index contributed by atoms with van der Waals surface area (Å²) in [7, 11) is 4.84. The molecule has 106 valence electrons. The quantitative estimate of drug-likeness (QED) is 0.633. The number of nitrogens with two attached hydrogens (primary N) is 1. The van der Waals surface area contributed by atoms with Crippen LogP contribution in [-0.2, 0) is 4.79 Å². The van der Waals surface area contributed by atoms with Gasteiger partial charge in [-0.3, -0.25) is 5.73 Å². The van der Waals surface area contributed by atoms with Crippen LogP contribution in [0.25, 0.3) is 6.08 Å². The number of hydrogen-bond acceptors (Lipinski definition) is 4. The number of hydrogen-bond donors (Lipinski definition) is 2. The number of guanidine groups is 1. The van der Waals surface area contributed by atoms with Gasteiger partial charge in [-0.2, -0.15) is 0 Å². The average Bonchev–Trinajstić information content (AvgIpc) is 2.66. The summed E-state index contributed by atoms with van der Waals surface area (Å²) in [5.41, 5.74) is 6.91. The Morgan fingerprint density at radius 3 is 2.40 bits per heavy atom. The molecule has 2 rings (SSSR count). The predicted octanol–water partition coefficient (Wildman–Crippen LogP) is 0.894. The Bertz CT molecular complexity index is 638. The highest BCUT2D eigenvalue weighted by molar-refractivity contribution is 9.10. The minimum atomic E-state index is -0.244. The van der Waals surface area contributed by atoms with Crippen molar-refractivity contribution in [2.24, 2.45) is 5.73 Å². The number of carbonyl (C=O) groups excluding carboxylic acids is 1. The highest BCUT2D eigenvalue weighted by atomic mass is 79.9. The second-order valence-electron chi connectivity index (χ2n) is 4.16. The van der Waals surface area contributed by atoms with Crippen molar-refractivity contribution in [1.29, 1.82) is 0 Å². The van der Waals surface area contributed by atoms with Gasteiger partial charge >= 0.3 is 11.9 Å². The minimum absolute atomic E-state index is 0.244. The van der Waals surface area contributed by atoms with Gasteiger partial charge in [-0.1, -0.05) is 15.9 Å². The number of halogens is 1. The van der Waals surface area contributed by atoms with Gasteiger partial charge in [0, 0.05) is 4.47 Å². The highest BCUT2D eigenvalue weighted by Crippen LogP contribution is 2.34.